The summed E-state index contributed by atoms with van der Waals surface area (Å²) in [6.07, 6.45) is 1.01. The molecule has 96 valence electrons. The number of hydrogen-bond donors (Lipinski definition) is 1. The molecule has 0 heterocycles. The van der Waals surface area contributed by atoms with Gasteiger partial charge in [0.05, 0.1) is 14.2 Å². The van der Waals surface area contributed by atoms with E-state index in [1.165, 1.54) is 5.56 Å². The third-order valence-corrected chi connectivity index (χ3v) is 2.61. The highest BCUT2D eigenvalue weighted by Gasteiger charge is 2.04. The van der Waals surface area contributed by atoms with Crippen molar-refractivity contribution in [3.63, 3.8) is 0 Å². The van der Waals surface area contributed by atoms with Gasteiger partial charge in [-0.25, -0.2) is 0 Å². The van der Waals surface area contributed by atoms with Gasteiger partial charge in [-0.2, -0.15) is 0 Å². The normalized spacial score (nSPS) is 10.6. The Hall–Kier alpha value is -1.26. The van der Waals surface area contributed by atoms with Crippen LogP contribution >= 0.6 is 0 Å². The second kappa shape index (κ2) is 7.14. The van der Waals surface area contributed by atoms with Gasteiger partial charge in [-0.05, 0) is 44.3 Å². The predicted octanol–water partition coefficient (Wildman–Crippen LogP) is 1.48. The molecule has 0 aliphatic carbocycles. The van der Waals surface area contributed by atoms with E-state index in [0.717, 1.165) is 37.6 Å². The van der Waals surface area contributed by atoms with Crippen molar-refractivity contribution in [3.8, 4) is 11.5 Å². The molecule has 1 aromatic carbocycles. The summed E-state index contributed by atoms with van der Waals surface area (Å²) in [6, 6.07) is 5.94. The Morgan fingerprint density at radius 2 is 1.71 bits per heavy atom. The summed E-state index contributed by atoms with van der Waals surface area (Å²) in [5.74, 6) is 1.65. The number of nitrogens with two attached hydrogens (primary N) is 1. The highest BCUT2D eigenvalue weighted by Crippen LogP contribution is 2.23. The molecule has 0 saturated heterocycles. The Morgan fingerprint density at radius 1 is 1.12 bits per heavy atom. The van der Waals surface area contributed by atoms with Crippen molar-refractivity contribution in [1.82, 2.24) is 4.90 Å². The van der Waals surface area contributed by atoms with Gasteiger partial charge in [0.25, 0.3) is 0 Å². The Morgan fingerprint density at radius 3 is 2.18 bits per heavy atom. The second-order valence-electron chi connectivity index (χ2n) is 4.10. The lowest BCUT2D eigenvalue weighted by Crippen LogP contribution is -2.21. The van der Waals surface area contributed by atoms with Gasteiger partial charge in [0.15, 0.2) is 0 Å². The first-order valence-corrected chi connectivity index (χ1v) is 5.80. The zero-order valence-corrected chi connectivity index (χ0v) is 10.9. The first-order valence-electron chi connectivity index (χ1n) is 5.80. The summed E-state index contributed by atoms with van der Waals surface area (Å²) in [7, 11) is 5.41. The quantitative estimate of drug-likeness (QED) is 0.781. The zero-order chi connectivity index (χ0) is 12.7. The molecule has 0 unspecified atom stereocenters. The summed E-state index contributed by atoms with van der Waals surface area (Å²) >= 11 is 0. The summed E-state index contributed by atoms with van der Waals surface area (Å²) < 4.78 is 10.5. The van der Waals surface area contributed by atoms with Crippen LogP contribution in [0.2, 0.25) is 0 Å². The Labute approximate surface area is 103 Å². The van der Waals surface area contributed by atoms with Gasteiger partial charge in [-0.1, -0.05) is 0 Å². The molecule has 0 spiro atoms. The average molecular weight is 238 g/mol. The summed E-state index contributed by atoms with van der Waals surface area (Å²) in [5.41, 5.74) is 6.68. The summed E-state index contributed by atoms with van der Waals surface area (Å²) in [4.78, 5) is 2.24. The number of nitrogens with zero attached hydrogens (tertiary/aromatic N) is 1. The summed E-state index contributed by atoms with van der Waals surface area (Å²) in [5, 5.41) is 0. The topological polar surface area (TPSA) is 47.7 Å². The van der Waals surface area contributed by atoms with E-state index in [2.05, 4.69) is 11.9 Å². The van der Waals surface area contributed by atoms with Gasteiger partial charge in [-0.3, -0.25) is 0 Å². The van der Waals surface area contributed by atoms with Crippen LogP contribution in [0.5, 0.6) is 11.5 Å². The van der Waals surface area contributed by atoms with Crippen LogP contribution in [0.1, 0.15) is 12.0 Å². The van der Waals surface area contributed by atoms with Crippen molar-refractivity contribution < 1.29 is 9.47 Å². The van der Waals surface area contributed by atoms with Crippen LogP contribution in [-0.4, -0.2) is 39.3 Å². The van der Waals surface area contributed by atoms with E-state index < -0.39 is 0 Å². The smallest absolute Gasteiger partial charge is 0.122 e. The molecule has 4 nitrogen and oxygen atoms in total. The Kier molecular flexibility index (Phi) is 5.80. The number of hydrogen-bond acceptors (Lipinski definition) is 4. The van der Waals surface area contributed by atoms with Crippen molar-refractivity contribution in [2.45, 2.75) is 13.0 Å². The first-order chi connectivity index (χ1) is 8.19. The lowest BCUT2D eigenvalue weighted by Gasteiger charge is -2.17. The Balaban J connectivity index is 2.68. The summed E-state index contributed by atoms with van der Waals surface area (Å²) in [6.45, 7) is 2.59. The fourth-order valence-corrected chi connectivity index (χ4v) is 1.71. The maximum Gasteiger partial charge on any atom is 0.122 e. The van der Waals surface area contributed by atoms with Crippen molar-refractivity contribution in [1.29, 1.82) is 0 Å². The van der Waals surface area contributed by atoms with Crippen LogP contribution < -0.4 is 15.2 Å². The lowest BCUT2D eigenvalue weighted by atomic mass is 10.2. The molecule has 0 aliphatic rings. The van der Waals surface area contributed by atoms with Gasteiger partial charge < -0.3 is 20.1 Å². The van der Waals surface area contributed by atoms with Gasteiger partial charge >= 0.3 is 0 Å². The maximum absolute atomic E-state index is 5.49. The van der Waals surface area contributed by atoms with E-state index in [9.17, 15) is 0 Å². The van der Waals surface area contributed by atoms with Crippen LogP contribution in [0.3, 0.4) is 0 Å². The zero-order valence-electron chi connectivity index (χ0n) is 10.9. The molecule has 0 atom stereocenters. The minimum atomic E-state index is 0.728. The Bertz CT molecular complexity index is 320. The van der Waals surface area contributed by atoms with E-state index >= 15 is 0 Å². The molecule has 1 rings (SSSR count). The molecule has 0 radical (unpaired) electrons. The predicted molar refractivity (Wildman–Crippen MR) is 69.6 cm³/mol. The van der Waals surface area contributed by atoms with Gasteiger partial charge in [0.1, 0.15) is 11.5 Å². The van der Waals surface area contributed by atoms with Crippen LogP contribution in [0, 0.1) is 0 Å². The van der Waals surface area contributed by atoms with Crippen molar-refractivity contribution in [3.05, 3.63) is 23.8 Å². The molecule has 0 saturated carbocycles. The highest BCUT2D eigenvalue weighted by atomic mass is 16.5. The minimum absolute atomic E-state index is 0.728. The standard InChI is InChI=1S/C13H22N2O2/c1-15(6-4-5-14)10-11-7-12(16-2)9-13(8-11)17-3/h7-9H,4-6,10,14H2,1-3H3. The third-order valence-electron chi connectivity index (χ3n) is 2.61. The van der Waals surface area contributed by atoms with Gasteiger partial charge in [0.2, 0.25) is 0 Å². The largest absolute Gasteiger partial charge is 0.497 e. The molecule has 0 aliphatic heterocycles. The van der Waals surface area contributed by atoms with Crippen molar-refractivity contribution in [2.75, 3.05) is 34.4 Å². The SMILES string of the molecule is COc1cc(CN(C)CCCN)cc(OC)c1. The number of methoxy groups -OCH3 is 2. The number of rotatable bonds is 7. The van der Waals surface area contributed by atoms with Crippen LogP contribution in [0.4, 0.5) is 0 Å². The fraction of sp³-hybridized carbons (Fsp3) is 0.538. The number of ether oxygens (including phenoxy) is 2. The molecule has 0 amide bonds. The van der Waals surface area contributed by atoms with E-state index in [-0.39, 0.29) is 0 Å². The van der Waals surface area contributed by atoms with Crippen molar-refractivity contribution >= 4 is 0 Å². The average Bonchev–Trinajstić information content (AvgIpc) is 2.35. The molecule has 0 aromatic heterocycles. The molecular formula is C13H22N2O2. The van der Waals surface area contributed by atoms with Crippen LogP contribution in [0.25, 0.3) is 0 Å². The second-order valence-corrected chi connectivity index (χ2v) is 4.10. The first kappa shape index (κ1) is 13.8. The van der Waals surface area contributed by atoms with Crippen LogP contribution in [0.15, 0.2) is 18.2 Å². The molecule has 0 bridgehead atoms. The van der Waals surface area contributed by atoms with E-state index in [1.54, 1.807) is 14.2 Å². The third kappa shape index (κ3) is 4.63. The molecule has 1 aromatic rings. The number of benzene rings is 1. The molecule has 17 heavy (non-hydrogen) atoms. The molecule has 2 N–H and O–H groups in total. The monoisotopic (exact) mass is 238 g/mol. The highest BCUT2D eigenvalue weighted by molar-refractivity contribution is 5.38. The van der Waals surface area contributed by atoms with E-state index in [1.807, 2.05) is 18.2 Å². The lowest BCUT2D eigenvalue weighted by molar-refractivity contribution is 0.322. The maximum atomic E-state index is 5.49. The molecular weight excluding hydrogens is 216 g/mol. The van der Waals surface area contributed by atoms with E-state index in [4.69, 9.17) is 15.2 Å². The van der Waals surface area contributed by atoms with Gasteiger partial charge in [0, 0.05) is 12.6 Å². The van der Waals surface area contributed by atoms with Gasteiger partial charge in [-0.15, -0.1) is 0 Å². The minimum Gasteiger partial charge on any atom is -0.497 e. The fourth-order valence-electron chi connectivity index (χ4n) is 1.71. The van der Waals surface area contributed by atoms with Crippen LogP contribution in [-0.2, 0) is 6.54 Å². The van der Waals surface area contributed by atoms with E-state index in [0.29, 0.717) is 0 Å². The van der Waals surface area contributed by atoms with Crippen molar-refractivity contribution in [2.24, 2.45) is 5.73 Å². The molecule has 4 heteroatoms. The molecule has 0 fully saturated rings.